The Bertz CT molecular complexity index is 1080. The summed E-state index contributed by atoms with van der Waals surface area (Å²) in [7, 11) is 0. The summed E-state index contributed by atoms with van der Waals surface area (Å²) in [6.07, 6.45) is 1.50. The third-order valence-corrected chi connectivity index (χ3v) is 4.87. The average Bonchev–Trinajstić information content (AvgIpc) is 3.02. The van der Waals surface area contributed by atoms with E-state index < -0.39 is 34.3 Å². The molecule has 1 N–H and O–H groups in total. The fourth-order valence-corrected chi connectivity index (χ4v) is 3.19. The average molecular weight is 439 g/mol. The second kappa shape index (κ2) is 9.82. The van der Waals surface area contributed by atoms with Crippen molar-refractivity contribution in [1.29, 1.82) is 0 Å². The lowest BCUT2D eigenvalue weighted by Gasteiger charge is -2.13. The van der Waals surface area contributed by atoms with Crippen molar-refractivity contribution in [3.63, 3.8) is 0 Å². The van der Waals surface area contributed by atoms with Crippen molar-refractivity contribution >= 4 is 35.1 Å². The number of rotatable bonds is 9. The topological polar surface area (TPSA) is 136 Å². The van der Waals surface area contributed by atoms with Crippen molar-refractivity contribution in [1.82, 2.24) is 4.90 Å². The molecular weight excluding hydrogens is 418 g/mol. The van der Waals surface area contributed by atoms with E-state index >= 15 is 0 Å². The van der Waals surface area contributed by atoms with Crippen LogP contribution in [0, 0.1) is 10.1 Å². The van der Waals surface area contributed by atoms with Gasteiger partial charge in [0, 0.05) is 24.7 Å². The predicted molar refractivity (Wildman–Crippen MR) is 113 cm³/mol. The Morgan fingerprint density at radius 2 is 1.81 bits per heavy atom. The number of fused-ring (bicyclic) bond motifs is 1. The number of benzene rings is 2. The normalized spacial score (nSPS) is 12.5. The summed E-state index contributed by atoms with van der Waals surface area (Å²) in [4.78, 5) is 60.4. The Morgan fingerprint density at radius 1 is 1.09 bits per heavy atom. The van der Waals surface area contributed by atoms with E-state index in [0.29, 0.717) is 17.9 Å². The molecule has 0 aliphatic carbocycles. The molecule has 0 unspecified atom stereocenters. The molecule has 0 aromatic heterocycles. The molecular formula is C22H21N3O7. The summed E-state index contributed by atoms with van der Waals surface area (Å²) >= 11 is 0. The van der Waals surface area contributed by atoms with Crippen molar-refractivity contribution in [2.45, 2.75) is 26.2 Å². The highest BCUT2D eigenvalue weighted by atomic mass is 16.6. The zero-order valence-electron chi connectivity index (χ0n) is 17.3. The zero-order chi connectivity index (χ0) is 23.3. The van der Waals surface area contributed by atoms with Crippen molar-refractivity contribution in [3.05, 3.63) is 69.3 Å². The predicted octanol–water partition coefficient (Wildman–Crippen LogP) is 3.18. The number of unbranched alkanes of at least 4 members (excludes halogenated alkanes) is 1. The van der Waals surface area contributed by atoms with Gasteiger partial charge in [-0.15, -0.1) is 0 Å². The molecule has 2 aromatic carbocycles. The second-order valence-electron chi connectivity index (χ2n) is 7.08. The number of imide groups is 1. The molecule has 0 atom stereocenters. The third-order valence-electron chi connectivity index (χ3n) is 4.87. The molecule has 0 spiro atoms. The number of nitro benzene ring substituents is 1. The molecule has 0 bridgehead atoms. The Morgan fingerprint density at radius 3 is 2.47 bits per heavy atom. The summed E-state index contributed by atoms with van der Waals surface area (Å²) in [6, 6.07) is 9.96. The molecule has 1 heterocycles. The van der Waals surface area contributed by atoms with Gasteiger partial charge in [0.2, 0.25) is 5.91 Å². The molecule has 32 heavy (non-hydrogen) atoms. The first-order chi connectivity index (χ1) is 15.3. The number of carbonyl (C=O) groups is 4. The summed E-state index contributed by atoms with van der Waals surface area (Å²) < 4.78 is 5.12. The van der Waals surface area contributed by atoms with E-state index in [1.54, 1.807) is 12.1 Å². The van der Waals surface area contributed by atoms with Crippen molar-refractivity contribution in [2.75, 3.05) is 18.5 Å². The molecule has 166 valence electrons. The fourth-order valence-electron chi connectivity index (χ4n) is 3.19. The first-order valence-electron chi connectivity index (χ1n) is 10.0. The van der Waals surface area contributed by atoms with E-state index in [2.05, 4.69) is 5.32 Å². The van der Waals surface area contributed by atoms with Crippen LogP contribution in [-0.4, -0.2) is 46.7 Å². The molecule has 0 fully saturated rings. The van der Waals surface area contributed by atoms with Crippen LogP contribution < -0.4 is 5.32 Å². The standard InChI is InChI=1S/C22H21N3O7/c1-2-3-13-32-22(29)14-7-9-15(10-8-14)23-18(26)11-12-24-20(27)16-5-4-6-17(25(30)31)19(16)21(24)28/h4-10H,2-3,11-13H2,1H3,(H,23,26). The van der Waals surface area contributed by atoms with Gasteiger partial charge in [0.1, 0.15) is 5.56 Å². The Kier molecular flexibility index (Phi) is 6.93. The second-order valence-corrected chi connectivity index (χ2v) is 7.08. The van der Waals surface area contributed by atoms with Crippen LogP contribution in [0.5, 0.6) is 0 Å². The van der Waals surface area contributed by atoms with Gasteiger partial charge in [0.25, 0.3) is 17.5 Å². The SMILES string of the molecule is CCCCOC(=O)c1ccc(NC(=O)CCN2C(=O)c3cccc([N+](=O)[O-])c3C2=O)cc1. The molecule has 0 radical (unpaired) electrons. The van der Waals surface area contributed by atoms with E-state index in [9.17, 15) is 29.3 Å². The van der Waals surface area contributed by atoms with Crippen LogP contribution in [0.4, 0.5) is 11.4 Å². The number of nitrogens with one attached hydrogen (secondary N) is 1. The molecule has 3 rings (SSSR count). The van der Waals surface area contributed by atoms with Crippen LogP contribution in [0.2, 0.25) is 0 Å². The van der Waals surface area contributed by atoms with Crippen molar-refractivity contribution < 1.29 is 28.8 Å². The summed E-state index contributed by atoms with van der Waals surface area (Å²) in [5.74, 6) is -2.38. The Hall–Kier alpha value is -4.08. The maximum Gasteiger partial charge on any atom is 0.338 e. The number of carbonyl (C=O) groups excluding carboxylic acids is 4. The largest absolute Gasteiger partial charge is 0.462 e. The number of nitro groups is 1. The minimum atomic E-state index is -0.795. The zero-order valence-corrected chi connectivity index (χ0v) is 17.3. The summed E-state index contributed by atoms with van der Waals surface area (Å²) in [6.45, 7) is 2.11. The van der Waals surface area contributed by atoms with Crippen molar-refractivity contribution in [2.24, 2.45) is 0 Å². The number of ether oxygens (including phenoxy) is 1. The maximum atomic E-state index is 12.5. The monoisotopic (exact) mass is 439 g/mol. The lowest BCUT2D eigenvalue weighted by Crippen LogP contribution is -2.33. The molecule has 0 saturated heterocycles. The first kappa shape index (κ1) is 22.6. The molecule has 0 saturated carbocycles. The van der Waals surface area contributed by atoms with E-state index in [1.165, 1.54) is 24.3 Å². The quantitative estimate of drug-likeness (QED) is 0.208. The van der Waals surface area contributed by atoms with Gasteiger partial charge in [0.05, 0.1) is 22.7 Å². The van der Waals surface area contributed by atoms with Crippen LogP contribution in [-0.2, 0) is 9.53 Å². The number of hydrogen-bond acceptors (Lipinski definition) is 7. The Labute approximate surface area is 183 Å². The number of hydrogen-bond donors (Lipinski definition) is 1. The van der Waals surface area contributed by atoms with E-state index in [-0.39, 0.29) is 24.1 Å². The number of anilines is 1. The molecule has 2 aromatic rings. The minimum Gasteiger partial charge on any atom is -0.462 e. The van der Waals surface area contributed by atoms with Gasteiger partial charge in [-0.3, -0.25) is 29.4 Å². The first-order valence-corrected chi connectivity index (χ1v) is 10.0. The van der Waals surface area contributed by atoms with Gasteiger partial charge in [0.15, 0.2) is 0 Å². The van der Waals surface area contributed by atoms with Gasteiger partial charge < -0.3 is 10.1 Å². The smallest absolute Gasteiger partial charge is 0.338 e. The minimum absolute atomic E-state index is 0.0500. The third kappa shape index (κ3) is 4.80. The van der Waals surface area contributed by atoms with Gasteiger partial charge in [-0.05, 0) is 36.8 Å². The van der Waals surface area contributed by atoms with Crippen LogP contribution in [0.1, 0.15) is 57.3 Å². The summed E-state index contributed by atoms with van der Waals surface area (Å²) in [5, 5.41) is 13.8. The highest BCUT2D eigenvalue weighted by molar-refractivity contribution is 6.23. The van der Waals surface area contributed by atoms with Crippen LogP contribution in [0.25, 0.3) is 0 Å². The molecule has 1 aliphatic rings. The van der Waals surface area contributed by atoms with Crippen LogP contribution in [0.3, 0.4) is 0 Å². The molecule has 10 nitrogen and oxygen atoms in total. The van der Waals surface area contributed by atoms with Gasteiger partial charge >= 0.3 is 5.97 Å². The van der Waals surface area contributed by atoms with E-state index in [4.69, 9.17) is 4.74 Å². The van der Waals surface area contributed by atoms with Crippen molar-refractivity contribution in [3.8, 4) is 0 Å². The van der Waals surface area contributed by atoms with Gasteiger partial charge in [-0.2, -0.15) is 0 Å². The maximum absolute atomic E-state index is 12.5. The number of amides is 3. The highest BCUT2D eigenvalue weighted by Gasteiger charge is 2.40. The van der Waals surface area contributed by atoms with Gasteiger partial charge in [-0.25, -0.2) is 4.79 Å². The number of nitrogens with zero attached hydrogens (tertiary/aromatic N) is 2. The highest BCUT2D eigenvalue weighted by Crippen LogP contribution is 2.30. The number of esters is 1. The van der Waals surface area contributed by atoms with Gasteiger partial charge in [-0.1, -0.05) is 19.4 Å². The van der Waals surface area contributed by atoms with Crippen LogP contribution in [0.15, 0.2) is 42.5 Å². The fraction of sp³-hybridized carbons (Fsp3) is 0.273. The lowest BCUT2D eigenvalue weighted by molar-refractivity contribution is -0.385. The van der Waals surface area contributed by atoms with E-state index in [1.807, 2.05) is 6.92 Å². The lowest BCUT2D eigenvalue weighted by atomic mass is 10.1. The Balaban J connectivity index is 1.57. The van der Waals surface area contributed by atoms with Crippen LogP contribution >= 0.6 is 0 Å². The van der Waals surface area contributed by atoms with E-state index in [0.717, 1.165) is 23.8 Å². The molecule has 3 amide bonds. The molecule has 10 heteroatoms. The summed E-state index contributed by atoms with van der Waals surface area (Å²) in [5.41, 5.74) is 0.0290. The molecule has 1 aliphatic heterocycles.